The number of aliphatic hydroxyl groups excluding tert-OH is 1. The van der Waals surface area contributed by atoms with Crippen LogP contribution in [0.25, 0.3) is 5.76 Å². The van der Waals surface area contributed by atoms with Crippen LogP contribution in [-0.2, 0) is 9.59 Å². The normalized spacial score (nSPS) is 16.9. The van der Waals surface area contributed by atoms with Crippen molar-refractivity contribution in [1.82, 2.24) is 0 Å². The maximum Gasteiger partial charge on any atom is 0.300 e. The first-order valence-corrected chi connectivity index (χ1v) is 11.1. The highest BCUT2D eigenvalue weighted by Crippen LogP contribution is 2.43. The molecule has 1 unspecified atom stereocenters. The first kappa shape index (κ1) is 23.9. The molecule has 1 atom stereocenters. The SMILES string of the molecule is COc1ccc(/C(O)=C2/C(=O)C(=O)N(c3cccc(C)c3)C2c2ccc(N(C)C)cc2)cc1OC. The van der Waals surface area contributed by atoms with Gasteiger partial charge in [0.2, 0.25) is 0 Å². The lowest BCUT2D eigenvalue weighted by atomic mass is 9.94. The van der Waals surface area contributed by atoms with Gasteiger partial charge in [-0.2, -0.15) is 0 Å². The van der Waals surface area contributed by atoms with Crippen molar-refractivity contribution in [2.24, 2.45) is 0 Å². The van der Waals surface area contributed by atoms with E-state index in [0.29, 0.717) is 28.3 Å². The second-order valence-electron chi connectivity index (χ2n) is 8.56. The number of anilines is 2. The number of ketones is 1. The van der Waals surface area contributed by atoms with Gasteiger partial charge in [0.25, 0.3) is 11.7 Å². The molecule has 180 valence electrons. The second kappa shape index (κ2) is 9.54. The van der Waals surface area contributed by atoms with E-state index in [0.717, 1.165) is 11.3 Å². The molecule has 4 rings (SSSR count). The third-order valence-electron chi connectivity index (χ3n) is 6.11. The highest BCUT2D eigenvalue weighted by atomic mass is 16.5. The average molecular weight is 473 g/mol. The summed E-state index contributed by atoms with van der Waals surface area (Å²) < 4.78 is 10.6. The van der Waals surface area contributed by atoms with Gasteiger partial charge in [0.15, 0.2) is 11.5 Å². The van der Waals surface area contributed by atoms with Crippen LogP contribution in [-0.4, -0.2) is 45.1 Å². The van der Waals surface area contributed by atoms with Crippen LogP contribution in [0.2, 0.25) is 0 Å². The average Bonchev–Trinajstić information content (AvgIpc) is 3.13. The Hall–Kier alpha value is -4.26. The van der Waals surface area contributed by atoms with Crippen molar-refractivity contribution >= 4 is 28.8 Å². The van der Waals surface area contributed by atoms with Crippen LogP contribution < -0.4 is 19.3 Å². The minimum absolute atomic E-state index is 0.0151. The predicted octanol–water partition coefficient (Wildman–Crippen LogP) is 4.70. The number of hydrogen-bond donors (Lipinski definition) is 1. The molecule has 35 heavy (non-hydrogen) atoms. The number of carbonyl (C=O) groups is 2. The molecular weight excluding hydrogens is 444 g/mol. The Morgan fingerprint density at radius 3 is 2.20 bits per heavy atom. The molecule has 0 aliphatic carbocycles. The zero-order valence-electron chi connectivity index (χ0n) is 20.4. The number of Topliss-reactive ketones (excluding diaryl/α,β-unsaturated/α-hetero) is 1. The van der Waals surface area contributed by atoms with Gasteiger partial charge in [0.05, 0.1) is 25.8 Å². The summed E-state index contributed by atoms with van der Waals surface area (Å²) in [5.74, 6) is -0.836. The van der Waals surface area contributed by atoms with Crippen molar-refractivity contribution in [3.63, 3.8) is 0 Å². The monoisotopic (exact) mass is 472 g/mol. The summed E-state index contributed by atoms with van der Waals surface area (Å²) in [6, 6.07) is 19.0. The van der Waals surface area contributed by atoms with E-state index in [-0.39, 0.29) is 11.3 Å². The zero-order valence-corrected chi connectivity index (χ0v) is 20.4. The minimum atomic E-state index is -0.805. The van der Waals surface area contributed by atoms with Crippen molar-refractivity contribution in [2.45, 2.75) is 13.0 Å². The topological polar surface area (TPSA) is 79.3 Å². The number of carbonyl (C=O) groups excluding carboxylic acids is 2. The van der Waals surface area contributed by atoms with E-state index in [4.69, 9.17) is 9.47 Å². The largest absolute Gasteiger partial charge is 0.507 e. The van der Waals surface area contributed by atoms with Crippen LogP contribution in [0.3, 0.4) is 0 Å². The van der Waals surface area contributed by atoms with Gasteiger partial charge in [-0.3, -0.25) is 14.5 Å². The Bertz CT molecular complexity index is 1310. The van der Waals surface area contributed by atoms with E-state index in [1.54, 1.807) is 24.3 Å². The van der Waals surface area contributed by atoms with Gasteiger partial charge < -0.3 is 19.5 Å². The number of aliphatic hydroxyl groups is 1. The Kier molecular flexibility index (Phi) is 6.51. The van der Waals surface area contributed by atoms with Gasteiger partial charge in [-0.05, 0) is 60.5 Å². The Morgan fingerprint density at radius 2 is 1.60 bits per heavy atom. The number of benzene rings is 3. The summed E-state index contributed by atoms with van der Waals surface area (Å²) in [4.78, 5) is 30.1. The zero-order chi connectivity index (χ0) is 25.3. The molecule has 7 nitrogen and oxygen atoms in total. The van der Waals surface area contributed by atoms with Gasteiger partial charge >= 0.3 is 0 Å². The molecule has 3 aromatic carbocycles. The van der Waals surface area contributed by atoms with Crippen molar-refractivity contribution in [2.75, 3.05) is 38.1 Å². The number of hydrogen-bond acceptors (Lipinski definition) is 6. The maximum absolute atomic E-state index is 13.4. The quantitative estimate of drug-likeness (QED) is 0.318. The molecule has 0 aromatic heterocycles. The number of ether oxygens (including phenoxy) is 2. The van der Waals surface area contributed by atoms with Gasteiger partial charge in [-0.1, -0.05) is 24.3 Å². The Labute approximate surface area is 204 Å². The standard InChI is InChI=1S/C28H28N2O5/c1-17-7-6-8-21(15-17)30-25(18-9-12-20(13-10-18)29(2)3)24(27(32)28(30)33)26(31)19-11-14-22(34-4)23(16-19)35-5/h6-16,25,31H,1-5H3/b26-24-. The molecule has 1 saturated heterocycles. The number of amides is 1. The van der Waals surface area contributed by atoms with Crippen LogP contribution in [0.4, 0.5) is 11.4 Å². The predicted molar refractivity (Wildman–Crippen MR) is 136 cm³/mol. The van der Waals surface area contributed by atoms with Crippen molar-refractivity contribution in [1.29, 1.82) is 0 Å². The molecule has 1 N–H and O–H groups in total. The van der Waals surface area contributed by atoms with E-state index in [1.165, 1.54) is 19.1 Å². The van der Waals surface area contributed by atoms with E-state index in [1.807, 2.05) is 68.4 Å². The first-order chi connectivity index (χ1) is 16.8. The van der Waals surface area contributed by atoms with Crippen LogP contribution >= 0.6 is 0 Å². The molecule has 1 amide bonds. The molecule has 0 saturated carbocycles. The molecule has 0 radical (unpaired) electrons. The summed E-state index contributed by atoms with van der Waals surface area (Å²) in [5, 5.41) is 11.4. The Balaban J connectivity index is 1.93. The van der Waals surface area contributed by atoms with E-state index < -0.39 is 17.7 Å². The molecule has 1 fully saturated rings. The fourth-order valence-corrected chi connectivity index (χ4v) is 4.29. The summed E-state index contributed by atoms with van der Waals surface area (Å²) >= 11 is 0. The van der Waals surface area contributed by atoms with Gasteiger partial charge in [-0.25, -0.2) is 0 Å². The van der Waals surface area contributed by atoms with E-state index in [2.05, 4.69) is 0 Å². The number of rotatable bonds is 6. The second-order valence-corrected chi connectivity index (χ2v) is 8.56. The van der Waals surface area contributed by atoms with E-state index in [9.17, 15) is 14.7 Å². The lowest BCUT2D eigenvalue weighted by Crippen LogP contribution is -2.29. The molecule has 7 heteroatoms. The van der Waals surface area contributed by atoms with Gasteiger partial charge in [0, 0.05) is 31.0 Å². The van der Waals surface area contributed by atoms with Gasteiger partial charge in [-0.15, -0.1) is 0 Å². The fraction of sp³-hybridized carbons (Fsp3) is 0.214. The van der Waals surface area contributed by atoms with Crippen molar-refractivity contribution < 1.29 is 24.2 Å². The fourth-order valence-electron chi connectivity index (χ4n) is 4.29. The summed E-state index contributed by atoms with van der Waals surface area (Å²) in [6.45, 7) is 1.92. The number of nitrogens with zero attached hydrogens (tertiary/aromatic N) is 2. The minimum Gasteiger partial charge on any atom is -0.507 e. The molecule has 0 bridgehead atoms. The smallest absolute Gasteiger partial charge is 0.300 e. The van der Waals surface area contributed by atoms with Crippen LogP contribution in [0.5, 0.6) is 11.5 Å². The molecule has 0 spiro atoms. The molecule has 1 heterocycles. The maximum atomic E-state index is 13.4. The van der Waals surface area contributed by atoms with Crippen LogP contribution in [0.15, 0.2) is 72.3 Å². The lowest BCUT2D eigenvalue weighted by molar-refractivity contribution is -0.132. The third kappa shape index (κ3) is 4.33. The summed E-state index contributed by atoms with van der Waals surface area (Å²) in [7, 11) is 6.88. The number of methoxy groups -OCH3 is 2. The Morgan fingerprint density at radius 1 is 0.914 bits per heavy atom. The van der Waals surface area contributed by atoms with Gasteiger partial charge in [0.1, 0.15) is 5.76 Å². The highest BCUT2D eigenvalue weighted by molar-refractivity contribution is 6.51. The highest BCUT2D eigenvalue weighted by Gasteiger charge is 2.47. The molecule has 1 aliphatic heterocycles. The van der Waals surface area contributed by atoms with Crippen LogP contribution in [0, 0.1) is 6.92 Å². The van der Waals surface area contributed by atoms with Crippen LogP contribution in [0.1, 0.15) is 22.7 Å². The first-order valence-electron chi connectivity index (χ1n) is 11.1. The molecule has 1 aliphatic rings. The molecule has 3 aromatic rings. The van der Waals surface area contributed by atoms with Crippen molar-refractivity contribution in [3.8, 4) is 11.5 Å². The van der Waals surface area contributed by atoms with Crippen molar-refractivity contribution in [3.05, 3.63) is 89.0 Å². The third-order valence-corrected chi connectivity index (χ3v) is 6.11. The lowest BCUT2D eigenvalue weighted by Gasteiger charge is -2.26. The summed E-state index contributed by atoms with van der Waals surface area (Å²) in [6.07, 6.45) is 0. The number of aryl methyl sites for hydroxylation is 1. The van der Waals surface area contributed by atoms with E-state index >= 15 is 0 Å². The molecular formula is C28H28N2O5. The summed E-state index contributed by atoms with van der Waals surface area (Å²) in [5.41, 5.74) is 3.58.